The molecule has 0 aromatic heterocycles. The molecular weight excluding hydrogens is 358 g/mol. The maximum Gasteiger partial charge on any atom is 0.236 e. The predicted molar refractivity (Wildman–Crippen MR) is 103 cm³/mol. The van der Waals surface area contributed by atoms with E-state index in [1.165, 1.54) is 5.56 Å². The first-order chi connectivity index (χ1) is 11.6. The highest BCUT2D eigenvalue weighted by Gasteiger charge is 2.31. The molecule has 0 spiro atoms. The van der Waals surface area contributed by atoms with Gasteiger partial charge in [0.05, 0.1) is 12.3 Å². The monoisotopic (exact) mass is 383 g/mol. The molecule has 7 heteroatoms. The lowest BCUT2D eigenvalue weighted by Gasteiger charge is -2.41. The van der Waals surface area contributed by atoms with Crippen LogP contribution in [0.15, 0.2) is 29.2 Å². The summed E-state index contributed by atoms with van der Waals surface area (Å²) in [5.41, 5.74) is 1.23. The number of piperidine rings is 1. The Morgan fingerprint density at radius 1 is 1.28 bits per heavy atom. The summed E-state index contributed by atoms with van der Waals surface area (Å²) < 4.78 is 0. The van der Waals surface area contributed by atoms with E-state index in [2.05, 4.69) is 36.5 Å². The number of aryl methyl sites for hydroxylation is 1. The van der Waals surface area contributed by atoms with Crippen molar-refractivity contribution in [3.8, 4) is 0 Å². The third kappa shape index (κ3) is 5.36. The third-order valence-electron chi connectivity index (χ3n) is 4.70. The normalized spacial score (nSPS) is 21.0. The number of rotatable bonds is 4. The molecule has 25 heavy (non-hydrogen) atoms. The molecule has 1 unspecified atom stereocenters. The van der Waals surface area contributed by atoms with Crippen LogP contribution in [-0.4, -0.2) is 66.1 Å². The molecule has 2 amide bonds. The molecule has 5 nitrogen and oxygen atoms in total. The molecule has 2 fully saturated rings. The van der Waals surface area contributed by atoms with Crippen LogP contribution >= 0.6 is 24.2 Å². The van der Waals surface area contributed by atoms with Gasteiger partial charge < -0.3 is 15.1 Å². The first-order valence-corrected chi connectivity index (χ1v) is 9.59. The number of nitrogens with one attached hydrogen (secondary N) is 1. The van der Waals surface area contributed by atoms with Crippen LogP contribution in [0.1, 0.15) is 18.4 Å². The molecular formula is C18H26ClN3O2S. The molecule has 1 aromatic rings. The lowest BCUT2D eigenvalue weighted by Crippen LogP contribution is -2.57. The fraction of sp³-hybridized carbons (Fsp3) is 0.556. The Bertz CT molecular complexity index is 596. The lowest BCUT2D eigenvalue weighted by molar-refractivity contribution is -0.139. The highest BCUT2D eigenvalue weighted by molar-refractivity contribution is 8.00. The van der Waals surface area contributed by atoms with Crippen molar-refractivity contribution in [3.63, 3.8) is 0 Å². The van der Waals surface area contributed by atoms with Crippen LogP contribution in [-0.2, 0) is 9.59 Å². The van der Waals surface area contributed by atoms with Gasteiger partial charge in [0, 0.05) is 37.1 Å². The van der Waals surface area contributed by atoms with Crippen molar-refractivity contribution in [1.29, 1.82) is 0 Å². The molecule has 1 N–H and O–H groups in total. The van der Waals surface area contributed by atoms with Crippen molar-refractivity contribution < 1.29 is 9.59 Å². The van der Waals surface area contributed by atoms with Gasteiger partial charge in [0.1, 0.15) is 0 Å². The van der Waals surface area contributed by atoms with Crippen molar-refractivity contribution in [2.24, 2.45) is 0 Å². The number of amides is 2. The van der Waals surface area contributed by atoms with E-state index in [0.29, 0.717) is 18.8 Å². The van der Waals surface area contributed by atoms with Gasteiger partial charge in [-0.05, 0) is 31.9 Å². The largest absolute Gasteiger partial charge is 0.340 e. The van der Waals surface area contributed by atoms with Crippen LogP contribution in [0.5, 0.6) is 0 Å². The first kappa shape index (κ1) is 20.1. The lowest BCUT2D eigenvalue weighted by atomic mass is 10.0. The second-order valence-corrected chi connectivity index (χ2v) is 7.55. The van der Waals surface area contributed by atoms with Gasteiger partial charge in [-0.25, -0.2) is 0 Å². The van der Waals surface area contributed by atoms with Crippen LogP contribution in [0.25, 0.3) is 0 Å². The Hall–Kier alpha value is -1.24. The van der Waals surface area contributed by atoms with Crippen molar-refractivity contribution in [2.45, 2.75) is 30.7 Å². The minimum Gasteiger partial charge on any atom is -0.340 e. The summed E-state index contributed by atoms with van der Waals surface area (Å²) >= 11 is 1.59. The minimum atomic E-state index is 0. The highest BCUT2D eigenvalue weighted by Crippen LogP contribution is 2.21. The van der Waals surface area contributed by atoms with Gasteiger partial charge in [-0.1, -0.05) is 17.7 Å². The third-order valence-corrected chi connectivity index (χ3v) is 5.70. The molecule has 2 saturated heterocycles. The van der Waals surface area contributed by atoms with E-state index in [4.69, 9.17) is 0 Å². The van der Waals surface area contributed by atoms with E-state index in [0.717, 1.165) is 37.4 Å². The van der Waals surface area contributed by atoms with Gasteiger partial charge in [-0.3, -0.25) is 9.59 Å². The van der Waals surface area contributed by atoms with Crippen LogP contribution in [0, 0.1) is 6.92 Å². The second kappa shape index (κ2) is 9.46. The number of thioether (sulfide) groups is 1. The number of nitrogens with zero attached hydrogens (tertiary/aromatic N) is 2. The number of halogens is 1. The van der Waals surface area contributed by atoms with Crippen LogP contribution in [0.4, 0.5) is 0 Å². The Morgan fingerprint density at radius 2 is 2.04 bits per heavy atom. The Labute approximate surface area is 159 Å². The number of carbonyl (C=O) groups is 2. The van der Waals surface area contributed by atoms with Gasteiger partial charge >= 0.3 is 0 Å². The number of hydrogen-bond donors (Lipinski definition) is 1. The van der Waals surface area contributed by atoms with E-state index < -0.39 is 0 Å². The Morgan fingerprint density at radius 3 is 2.76 bits per heavy atom. The van der Waals surface area contributed by atoms with Gasteiger partial charge in [0.25, 0.3) is 0 Å². The minimum absolute atomic E-state index is 0. The van der Waals surface area contributed by atoms with Gasteiger partial charge in [0.15, 0.2) is 0 Å². The molecule has 2 aliphatic heterocycles. The molecule has 3 rings (SSSR count). The van der Waals surface area contributed by atoms with Gasteiger partial charge in [-0.2, -0.15) is 0 Å². The van der Waals surface area contributed by atoms with Crippen molar-refractivity contribution in [3.05, 3.63) is 29.8 Å². The molecule has 2 heterocycles. The number of carbonyl (C=O) groups excluding carboxylic acids is 2. The zero-order valence-electron chi connectivity index (χ0n) is 14.6. The van der Waals surface area contributed by atoms with E-state index in [1.54, 1.807) is 11.8 Å². The average Bonchev–Trinajstić information content (AvgIpc) is 2.61. The molecule has 0 bridgehead atoms. The molecule has 2 aliphatic rings. The Balaban J connectivity index is 0.00000225. The van der Waals surface area contributed by atoms with Crippen molar-refractivity contribution in [1.82, 2.24) is 15.1 Å². The highest BCUT2D eigenvalue weighted by atomic mass is 35.5. The zero-order chi connectivity index (χ0) is 16.9. The average molecular weight is 384 g/mol. The predicted octanol–water partition coefficient (Wildman–Crippen LogP) is 1.93. The standard InChI is InChI=1S/C18H25N3O2S.ClH/c1-14-4-6-16(7-5-14)24-13-18(23)20-9-2-3-15(12-20)21-10-8-19-11-17(21)22;/h4-7,15,19H,2-3,8-13H2,1H3;1H. The van der Waals surface area contributed by atoms with Gasteiger partial charge in [-0.15, -0.1) is 24.2 Å². The molecule has 1 aromatic carbocycles. The van der Waals surface area contributed by atoms with Crippen molar-refractivity contribution in [2.75, 3.05) is 38.5 Å². The summed E-state index contributed by atoms with van der Waals surface area (Å²) in [7, 11) is 0. The maximum absolute atomic E-state index is 12.5. The summed E-state index contributed by atoms with van der Waals surface area (Å²) in [5, 5.41) is 3.10. The molecule has 0 saturated carbocycles. The van der Waals surface area contributed by atoms with E-state index in [-0.39, 0.29) is 30.3 Å². The van der Waals surface area contributed by atoms with E-state index >= 15 is 0 Å². The maximum atomic E-state index is 12.5. The van der Waals surface area contributed by atoms with Crippen LogP contribution in [0.3, 0.4) is 0 Å². The molecule has 1 atom stereocenters. The summed E-state index contributed by atoms with van der Waals surface area (Å²) in [5.74, 6) is 0.799. The number of likely N-dealkylation sites (tertiary alicyclic amines) is 1. The molecule has 0 aliphatic carbocycles. The SMILES string of the molecule is Cc1ccc(SCC(=O)N2CCCC(N3CCNCC3=O)C2)cc1.Cl. The van der Waals surface area contributed by atoms with Gasteiger partial charge in [0.2, 0.25) is 11.8 Å². The summed E-state index contributed by atoms with van der Waals surface area (Å²) in [6.45, 7) is 5.57. The topological polar surface area (TPSA) is 52.7 Å². The van der Waals surface area contributed by atoms with E-state index in [1.807, 2.05) is 9.80 Å². The molecule has 0 radical (unpaired) electrons. The van der Waals surface area contributed by atoms with Crippen LogP contribution < -0.4 is 5.32 Å². The fourth-order valence-electron chi connectivity index (χ4n) is 3.31. The summed E-state index contributed by atoms with van der Waals surface area (Å²) in [6, 6.07) is 8.44. The van der Waals surface area contributed by atoms with Crippen LogP contribution in [0.2, 0.25) is 0 Å². The smallest absolute Gasteiger partial charge is 0.236 e. The van der Waals surface area contributed by atoms with Crippen molar-refractivity contribution >= 4 is 36.0 Å². The zero-order valence-corrected chi connectivity index (χ0v) is 16.2. The fourth-order valence-corrected chi connectivity index (χ4v) is 4.12. The molecule has 138 valence electrons. The number of benzene rings is 1. The Kier molecular flexibility index (Phi) is 7.59. The first-order valence-electron chi connectivity index (χ1n) is 8.61. The summed E-state index contributed by atoms with van der Waals surface area (Å²) in [4.78, 5) is 29.6. The second-order valence-electron chi connectivity index (χ2n) is 6.50. The summed E-state index contributed by atoms with van der Waals surface area (Å²) in [6.07, 6.45) is 1.98. The number of hydrogen-bond acceptors (Lipinski definition) is 4. The van der Waals surface area contributed by atoms with E-state index in [9.17, 15) is 9.59 Å². The quantitative estimate of drug-likeness (QED) is 0.807. The number of piperazine rings is 1.